The minimum absolute atomic E-state index is 0.0149. The first kappa shape index (κ1) is 19.6. The maximum Gasteiger partial charge on any atom is 0.267 e. The molecule has 1 atom stereocenters. The number of primary amides is 2. The Balaban J connectivity index is 1.99. The Bertz CT molecular complexity index is 1090. The molecule has 0 fully saturated rings. The van der Waals surface area contributed by atoms with Gasteiger partial charge in [-0.2, -0.15) is 4.98 Å². The Hall–Kier alpha value is -4.15. The van der Waals surface area contributed by atoms with Gasteiger partial charge in [0.25, 0.3) is 11.5 Å². The van der Waals surface area contributed by atoms with Gasteiger partial charge in [-0.1, -0.05) is 13.0 Å². The van der Waals surface area contributed by atoms with Crippen molar-refractivity contribution in [3.05, 3.63) is 58.9 Å². The van der Waals surface area contributed by atoms with E-state index in [1.807, 2.05) is 6.07 Å². The monoisotopic (exact) mass is 396 g/mol. The minimum atomic E-state index is -0.944. The van der Waals surface area contributed by atoms with Gasteiger partial charge in [0, 0.05) is 23.8 Å². The van der Waals surface area contributed by atoms with Crippen molar-refractivity contribution in [2.24, 2.45) is 11.5 Å². The van der Waals surface area contributed by atoms with E-state index < -0.39 is 23.4 Å². The number of nitrogens with two attached hydrogens (primary N) is 2. The molecular formula is C18H20N8O3. The number of carbonyl (C=O) groups is 2. The summed E-state index contributed by atoms with van der Waals surface area (Å²) in [5.74, 6) is -1.61. The van der Waals surface area contributed by atoms with Crippen LogP contribution in [-0.2, 0) is 4.79 Å². The number of H-pyrrole nitrogens is 1. The van der Waals surface area contributed by atoms with Crippen molar-refractivity contribution in [3.63, 3.8) is 0 Å². The van der Waals surface area contributed by atoms with Crippen molar-refractivity contribution < 1.29 is 9.59 Å². The van der Waals surface area contributed by atoms with Gasteiger partial charge in [0.05, 0.1) is 6.33 Å². The highest BCUT2D eigenvalue weighted by Crippen LogP contribution is 2.20. The van der Waals surface area contributed by atoms with Crippen molar-refractivity contribution >= 4 is 29.3 Å². The van der Waals surface area contributed by atoms with E-state index in [4.69, 9.17) is 11.5 Å². The largest absolute Gasteiger partial charge is 0.368 e. The zero-order valence-corrected chi connectivity index (χ0v) is 15.5. The van der Waals surface area contributed by atoms with Gasteiger partial charge in [0.1, 0.15) is 11.6 Å². The summed E-state index contributed by atoms with van der Waals surface area (Å²) in [6.45, 7) is 1.75. The van der Waals surface area contributed by atoms with E-state index in [-0.39, 0.29) is 17.3 Å². The second kappa shape index (κ2) is 8.25. The number of aromatic amines is 1. The number of carbonyl (C=O) groups excluding carboxylic acids is 2. The fourth-order valence-corrected chi connectivity index (χ4v) is 2.69. The Morgan fingerprint density at radius 2 is 2.10 bits per heavy atom. The molecule has 7 N–H and O–H groups in total. The molecule has 0 aliphatic carbocycles. The number of hydrogen-bond donors (Lipinski definition) is 5. The van der Waals surface area contributed by atoms with Gasteiger partial charge >= 0.3 is 0 Å². The van der Waals surface area contributed by atoms with Crippen LogP contribution in [0.5, 0.6) is 0 Å². The number of rotatable bonds is 8. The highest BCUT2D eigenvalue weighted by atomic mass is 16.2. The lowest BCUT2D eigenvalue weighted by molar-refractivity contribution is -0.118. The van der Waals surface area contributed by atoms with E-state index in [9.17, 15) is 14.4 Å². The number of imidazole rings is 1. The average molecular weight is 396 g/mol. The summed E-state index contributed by atoms with van der Waals surface area (Å²) in [5.41, 5.74) is 11.0. The Kier molecular flexibility index (Phi) is 5.58. The number of aromatic nitrogens is 4. The van der Waals surface area contributed by atoms with E-state index in [1.165, 1.54) is 0 Å². The fourth-order valence-electron chi connectivity index (χ4n) is 2.69. The molecule has 0 bridgehead atoms. The zero-order chi connectivity index (χ0) is 21.0. The van der Waals surface area contributed by atoms with Gasteiger partial charge in [0.15, 0.2) is 5.82 Å². The van der Waals surface area contributed by atoms with Crippen LogP contribution in [0, 0.1) is 0 Å². The molecule has 0 aliphatic heterocycles. The molecular weight excluding hydrogens is 376 g/mol. The molecule has 29 heavy (non-hydrogen) atoms. The van der Waals surface area contributed by atoms with Gasteiger partial charge in [0.2, 0.25) is 11.9 Å². The van der Waals surface area contributed by atoms with Gasteiger partial charge in [-0.3, -0.25) is 19.4 Å². The van der Waals surface area contributed by atoms with E-state index in [2.05, 4.69) is 25.6 Å². The third-order valence-corrected chi connectivity index (χ3v) is 4.14. The number of nitrogens with zero attached hydrogens (tertiary/aromatic N) is 3. The highest BCUT2D eigenvalue weighted by molar-refractivity contribution is 5.98. The number of amides is 2. The number of nitrogens with one attached hydrogen (secondary N) is 3. The Morgan fingerprint density at radius 1 is 1.31 bits per heavy atom. The van der Waals surface area contributed by atoms with Crippen LogP contribution in [0.2, 0.25) is 0 Å². The van der Waals surface area contributed by atoms with Gasteiger partial charge in [-0.15, -0.1) is 0 Å². The maximum absolute atomic E-state index is 12.4. The lowest BCUT2D eigenvalue weighted by Gasteiger charge is -2.16. The summed E-state index contributed by atoms with van der Waals surface area (Å²) in [6, 6.07) is 6.42. The second-order valence-corrected chi connectivity index (χ2v) is 6.16. The molecule has 2 aromatic heterocycles. The predicted octanol–water partition coefficient (Wildman–Crippen LogP) is 0.474. The van der Waals surface area contributed by atoms with E-state index in [0.717, 1.165) is 5.69 Å². The Labute approximate surface area is 165 Å². The van der Waals surface area contributed by atoms with Crippen molar-refractivity contribution in [1.29, 1.82) is 0 Å². The number of benzene rings is 1. The molecule has 2 amide bonds. The van der Waals surface area contributed by atoms with E-state index >= 15 is 0 Å². The van der Waals surface area contributed by atoms with E-state index in [1.54, 1.807) is 48.4 Å². The first-order valence-corrected chi connectivity index (χ1v) is 8.74. The topological polar surface area (TPSA) is 174 Å². The van der Waals surface area contributed by atoms with Gasteiger partial charge in [-0.25, -0.2) is 4.98 Å². The van der Waals surface area contributed by atoms with Crippen LogP contribution in [0.25, 0.3) is 5.69 Å². The first-order valence-electron chi connectivity index (χ1n) is 8.74. The van der Waals surface area contributed by atoms with Crippen LogP contribution >= 0.6 is 0 Å². The molecule has 3 rings (SSSR count). The summed E-state index contributed by atoms with van der Waals surface area (Å²) in [4.78, 5) is 46.2. The third kappa shape index (κ3) is 4.40. The van der Waals surface area contributed by atoms with Crippen molar-refractivity contribution in [2.75, 3.05) is 10.6 Å². The Morgan fingerprint density at radius 3 is 2.72 bits per heavy atom. The summed E-state index contributed by atoms with van der Waals surface area (Å²) < 4.78 is 1.79. The molecule has 0 saturated carbocycles. The quantitative estimate of drug-likeness (QED) is 0.368. The average Bonchev–Trinajstić information content (AvgIpc) is 3.20. The van der Waals surface area contributed by atoms with Crippen LogP contribution < -0.4 is 27.7 Å². The van der Waals surface area contributed by atoms with Crippen LogP contribution in [-0.4, -0.2) is 37.4 Å². The molecule has 0 saturated heterocycles. The number of hydrogen-bond acceptors (Lipinski definition) is 7. The molecule has 11 heteroatoms. The summed E-state index contributed by atoms with van der Waals surface area (Å²) >= 11 is 0. The SMILES string of the molecule is CCC(Nc1nc(Nc2cccc(-n3ccnc3)c2)c(C(N)=O)c(=O)[nH]1)C(N)=O. The minimum Gasteiger partial charge on any atom is -0.368 e. The standard InChI is InChI=1S/C18H20N8O3/c1-2-12(14(19)27)23-18-24-16(13(15(20)28)17(29)25-18)22-10-4-3-5-11(8-10)26-7-6-21-9-26/h3-9,12H,2H2,1H3,(H2,19,27)(H2,20,28)(H3,22,23,24,25,29). The summed E-state index contributed by atoms with van der Waals surface area (Å²) in [7, 11) is 0. The smallest absolute Gasteiger partial charge is 0.267 e. The van der Waals surface area contributed by atoms with Crippen LogP contribution in [0.1, 0.15) is 23.7 Å². The zero-order valence-electron chi connectivity index (χ0n) is 15.5. The molecule has 1 unspecified atom stereocenters. The van der Waals surface area contributed by atoms with Crippen molar-refractivity contribution in [1.82, 2.24) is 19.5 Å². The molecule has 1 aromatic carbocycles. The lowest BCUT2D eigenvalue weighted by Crippen LogP contribution is -2.36. The first-order chi connectivity index (χ1) is 13.9. The van der Waals surface area contributed by atoms with Gasteiger partial charge in [-0.05, 0) is 24.6 Å². The third-order valence-electron chi connectivity index (χ3n) is 4.14. The van der Waals surface area contributed by atoms with Crippen LogP contribution in [0.4, 0.5) is 17.5 Å². The maximum atomic E-state index is 12.4. The second-order valence-electron chi connectivity index (χ2n) is 6.16. The van der Waals surface area contributed by atoms with Crippen LogP contribution in [0.15, 0.2) is 47.8 Å². The van der Waals surface area contributed by atoms with Crippen molar-refractivity contribution in [3.8, 4) is 5.69 Å². The van der Waals surface area contributed by atoms with Crippen LogP contribution in [0.3, 0.4) is 0 Å². The normalized spacial score (nSPS) is 11.6. The molecule has 0 aliphatic rings. The fraction of sp³-hybridized carbons (Fsp3) is 0.167. The van der Waals surface area contributed by atoms with E-state index in [0.29, 0.717) is 12.1 Å². The molecule has 150 valence electrons. The summed E-state index contributed by atoms with van der Waals surface area (Å²) in [6.07, 6.45) is 5.43. The molecule has 3 aromatic rings. The highest BCUT2D eigenvalue weighted by Gasteiger charge is 2.20. The number of anilines is 3. The molecule has 11 nitrogen and oxygen atoms in total. The van der Waals surface area contributed by atoms with Gasteiger partial charge < -0.3 is 26.7 Å². The van der Waals surface area contributed by atoms with Crippen molar-refractivity contribution in [2.45, 2.75) is 19.4 Å². The predicted molar refractivity (Wildman–Crippen MR) is 107 cm³/mol. The lowest BCUT2D eigenvalue weighted by atomic mass is 10.2. The molecule has 0 radical (unpaired) electrons. The molecule has 2 heterocycles. The molecule has 0 spiro atoms. The summed E-state index contributed by atoms with van der Waals surface area (Å²) in [5, 5.41) is 5.69.